The zero-order valence-corrected chi connectivity index (χ0v) is 22.6. The van der Waals surface area contributed by atoms with E-state index in [-0.39, 0.29) is 16.4 Å². The Morgan fingerprint density at radius 2 is 1.51 bits per heavy atom. The number of hydrogen-bond acceptors (Lipinski definition) is 3. The van der Waals surface area contributed by atoms with Crippen LogP contribution in [0.1, 0.15) is 16.1 Å². The van der Waals surface area contributed by atoms with Gasteiger partial charge >= 0.3 is 11.8 Å². The van der Waals surface area contributed by atoms with Crippen LogP contribution >= 0.6 is 55.1 Å². The van der Waals surface area contributed by atoms with Crippen LogP contribution in [0, 0.1) is 6.92 Å². The minimum Gasteiger partial charge on any atom is -0.320 e. The normalized spacial score (nSPS) is 10.8. The molecule has 1 heterocycles. The van der Waals surface area contributed by atoms with Crippen LogP contribution in [-0.2, 0) is 9.59 Å². The zero-order chi connectivity index (χ0) is 25.3. The number of fused-ring (bicyclic) bond motifs is 1. The first-order chi connectivity index (χ1) is 16.6. The topological polar surface area (TPSA) is 92.2 Å². The minimum atomic E-state index is -0.989. The highest BCUT2D eigenvalue weighted by molar-refractivity contribution is 9.10. The standard InChI is InChI=1S/C24H16Br2Cl2N4O3/c1-12-16(27)3-2-4-18(12)29-22(33)21-10-13-9-14(25)6-8-20(13)32(21)31-24(35)23(34)30-19-7-5-15(26)11-17(19)28/h2-11H,1H3,(H,29,33)(H,30,34)(H,31,35). The number of nitrogens with zero attached hydrogens (tertiary/aromatic N) is 1. The molecular formula is C24H16Br2Cl2N4O3. The number of benzene rings is 3. The summed E-state index contributed by atoms with van der Waals surface area (Å²) in [4.78, 5) is 38.6. The van der Waals surface area contributed by atoms with Crippen molar-refractivity contribution in [1.82, 2.24) is 4.68 Å². The molecule has 7 nitrogen and oxygen atoms in total. The molecule has 0 saturated carbocycles. The summed E-state index contributed by atoms with van der Waals surface area (Å²) >= 11 is 19.0. The van der Waals surface area contributed by atoms with Gasteiger partial charge in [0.1, 0.15) is 5.69 Å². The van der Waals surface area contributed by atoms with E-state index in [2.05, 4.69) is 47.9 Å². The Bertz CT molecular complexity index is 1500. The Morgan fingerprint density at radius 3 is 2.26 bits per heavy atom. The van der Waals surface area contributed by atoms with Gasteiger partial charge in [-0.2, -0.15) is 0 Å². The Kier molecular flexibility index (Phi) is 7.51. The largest absolute Gasteiger partial charge is 0.328 e. The third-order valence-electron chi connectivity index (χ3n) is 5.11. The fourth-order valence-electron chi connectivity index (χ4n) is 3.33. The molecule has 4 aromatic rings. The van der Waals surface area contributed by atoms with E-state index in [0.29, 0.717) is 27.2 Å². The van der Waals surface area contributed by atoms with Gasteiger partial charge in [0.05, 0.1) is 16.2 Å². The first kappa shape index (κ1) is 25.2. The molecule has 0 spiro atoms. The molecule has 35 heavy (non-hydrogen) atoms. The van der Waals surface area contributed by atoms with E-state index in [0.717, 1.165) is 8.95 Å². The lowest BCUT2D eigenvalue weighted by Gasteiger charge is -2.14. The van der Waals surface area contributed by atoms with Crippen LogP contribution in [0.2, 0.25) is 10.0 Å². The molecule has 3 amide bonds. The van der Waals surface area contributed by atoms with Gasteiger partial charge in [-0.3, -0.25) is 19.8 Å². The number of carbonyl (C=O) groups excluding carboxylic acids is 3. The average Bonchev–Trinajstić information content (AvgIpc) is 3.16. The maximum absolute atomic E-state index is 13.2. The summed E-state index contributed by atoms with van der Waals surface area (Å²) in [5, 5.41) is 6.71. The van der Waals surface area contributed by atoms with E-state index >= 15 is 0 Å². The summed E-state index contributed by atoms with van der Waals surface area (Å²) in [6, 6.07) is 16.9. The first-order valence-electron chi connectivity index (χ1n) is 10.1. The number of carbonyl (C=O) groups is 3. The summed E-state index contributed by atoms with van der Waals surface area (Å²) in [5.41, 5.74) is 4.63. The number of aromatic nitrogens is 1. The van der Waals surface area contributed by atoms with Gasteiger partial charge in [-0.15, -0.1) is 0 Å². The Labute approximate surface area is 227 Å². The van der Waals surface area contributed by atoms with Crippen molar-refractivity contribution < 1.29 is 14.4 Å². The van der Waals surface area contributed by atoms with Gasteiger partial charge in [-0.05, 0) is 67.1 Å². The van der Waals surface area contributed by atoms with Crippen LogP contribution in [0.15, 0.2) is 69.6 Å². The van der Waals surface area contributed by atoms with Crippen LogP contribution in [-0.4, -0.2) is 22.4 Å². The van der Waals surface area contributed by atoms with Crippen molar-refractivity contribution >= 4 is 95.1 Å². The van der Waals surface area contributed by atoms with Crippen molar-refractivity contribution in [3.63, 3.8) is 0 Å². The smallest absolute Gasteiger partial charge is 0.320 e. The van der Waals surface area contributed by atoms with Crippen LogP contribution < -0.4 is 16.1 Å². The third-order valence-corrected chi connectivity index (χ3v) is 6.82. The predicted octanol–water partition coefficient (Wildman–Crippen LogP) is 6.74. The minimum absolute atomic E-state index is 0.111. The van der Waals surface area contributed by atoms with Crippen LogP contribution in [0.25, 0.3) is 10.9 Å². The van der Waals surface area contributed by atoms with Crippen LogP contribution in [0.3, 0.4) is 0 Å². The fourth-order valence-corrected chi connectivity index (χ4v) is 4.60. The highest BCUT2D eigenvalue weighted by Gasteiger charge is 2.22. The summed E-state index contributed by atoms with van der Waals surface area (Å²) in [6.07, 6.45) is 0. The van der Waals surface area contributed by atoms with Crippen molar-refractivity contribution in [2.24, 2.45) is 0 Å². The summed E-state index contributed by atoms with van der Waals surface area (Å²) in [5.74, 6) is -2.44. The number of hydrogen-bond donors (Lipinski definition) is 3. The van der Waals surface area contributed by atoms with Gasteiger partial charge in [-0.1, -0.05) is 61.1 Å². The lowest BCUT2D eigenvalue weighted by atomic mass is 10.2. The molecule has 0 aliphatic heterocycles. The van der Waals surface area contributed by atoms with Crippen LogP contribution in [0.5, 0.6) is 0 Å². The Morgan fingerprint density at radius 1 is 0.800 bits per heavy atom. The van der Waals surface area contributed by atoms with Gasteiger partial charge in [0, 0.05) is 25.0 Å². The molecule has 0 radical (unpaired) electrons. The van der Waals surface area contributed by atoms with Gasteiger partial charge < -0.3 is 10.6 Å². The highest BCUT2D eigenvalue weighted by atomic mass is 79.9. The SMILES string of the molecule is Cc1c(Cl)cccc1NC(=O)c1cc2cc(Br)ccc2n1NC(=O)C(=O)Nc1ccc(Br)cc1Cl. The van der Waals surface area contributed by atoms with Crippen molar-refractivity contribution in [3.05, 3.63) is 90.9 Å². The summed E-state index contributed by atoms with van der Waals surface area (Å²) in [6.45, 7) is 1.78. The maximum Gasteiger partial charge on any atom is 0.328 e. The number of amides is 3. The second kappa shape index (κ2) is 10.4. The molecule has 3 N–H and O–H groups in total. The molecule has 178 valence electrons. The number of anilines is 2. The van der Waals surface area contributed by atoms with Gasteiger partial charge in [0.15, 0.2) is 0 Å². The quantitative estimate of drug-likeness (QED) is 0.216. The fraction of sp³-hybridized carbons (Fsp3) is 0.0417. The second-order valence-electron chi connectivity index (χ2n) is 7.45. The molecule has 0 atom stereocenters. The second-order valence-corrected chi connectivity index (χ2v) is 10.1. The van der Waals surface area contributed by atoms with Crippen molar-refractivity contribution in [2.75, 3.05) is 16.1 Å². The molecule has 3 aromatic carbocycles. The Hall–Kier alpha value is -2.85. The first-order valence-corrected chi connectivity index (χ1v) is 12.4. The monoisotopic (exact) mass is 636 g/mol. The van der Waals surface area contributed by atoms with E-state index < -0.39 is 17.7 Å². The zero-order valence-electron chi connectivity index (χ0n) is 18.0. The molecule has 0 bridgehead atoms. The van der Waals surface area contributed by atoms with Crippen molar-refractivity contribution in [2.45, 2.75) is 6.92 Å². The molecule has 0 aliphatic rings. The average molecular weight is 639 g/mol. The molecule has 1 aromatic heterocycles. The number of halogens is 4. The number of nitrogens with one attached hydrogen (secondary N) is 3. The molecule has 11 heteroatoms. The number of rotatable bonds is 4. The van der Waals surface area contributed by atoms with E-state index in [1.165, 1.54) is 4.68 Å². The summed E-state index contributed by atoms with van der Waals surface area (Å²) in [7, 11) is 0. The van der Waals surface area contributed by atoms with Gasteiger partial charge in [0.2, 0.25) is 0 Å². The van der Waals surface area contributed by atoms with E-state index in [1.807, 2.05) is 0 Å². The molecule has 0 unspecified atom stereocenters. The molecular weight excluding hydrogens is 623 g/mol. The molecule has 0 saturated heterocycles. The van der Waals surface area contributed by atoms with Gasteiger partial charge in [-0.25, -0.2) is 4.68 Å². The summed E-state index contributed by atoms with van der Waals surface area (Å²) < 4.78 is 2.77. The molecule has 0 fully saturated rings. The van der Waals surface area contributed by atoms with Crippen molar-refractivity contribution in [3.8, 4) is 0 Å². The lowest BCUT2D eigenvalue weighted by molar-refractivity contribution is -0.133. The van der Waals surface area contributed by atoms with Crippen LogP contribution in [0.4, 0.5) is 11.4 Å². The van der Waals surface area contributed by atoms with E-state index in [4.69, 9.17) is 23.2 Å². The van der Waals surface area contributed by atoms with Crippen molar-refractivity contribution in [1.29, 1.82) is 0 Å². The predicted molar refractivity (Wildman–Crippen MR) is 146 cm³/mol. The highest BCUT2D eigenvalue weighted by Crippen LogP contribution is 2.27. The van der Waals surface area contributed by atoms with E-state index in [9.17, 15) is 14.4 Å². The van der Waals surface area contributed by atoms with E-state index in [1.54, 1.807) is 67.6 Å². The molecule has 4 rings (SSSR count). The maximum atomic E-state index is 13.2. The molecule has 0 aliphatic carbocycles. The Balaban J connectivity index is 1.65. The van der Waals surface area contributed by atoms with Gasteiger partial charge in [0.25, 0.3) is 5.91 Å². The third kappa shape index (κ3) is 5.54. The lowest BCUT2D eigenvalue weighted by Crippen LogP contribution is -2.36.